The molecule has 0 aromatic carbocycles. The van der Waals surface area contributed by atoms with Crippen LogP contribution in [0.3, 0.4) is 0 Å². The lowest BCUT2D eigenvalue weighted by Gasteiger charge is -2.28. The van der Waals surface area contributed by atoms with Gasteiger partial charge in [0.05, 0.1) is 0 Å². The van der Waals surface area contributed by atoms with Crippen molar-refractivity contribution >= 4 is 5.97 Å². The van der Waals surface area contributed by atoms with Crippen molar-refractivity contribution in [3.05, 3.63) is 0 Å². The highest BCUT2D eigenvalue weighted by Crippen LogP contribution is 2.18. The Morgan fingerprint density at radius 3 is 2.31 bits per heavy atom. The molecule has 0 amide bonds. The average Bonchev–Trinajstić information content (AvgIpc) is 1.97. The molecule has 0 spiro atoms. The Kier molecular flexibility index (Phi) is 4.36. The lowest BCUT2D eigenvalue weighted by molar-refractivity contribution is -0.138. The number of hydrogen-bond acceptors (Lipinski definition) is 3. The smallest absolute Gasteiger partial charge is 0.321 e. The monoisotopic (exact) mass is 188 g/mol. The molecule has 4 nitrogen and oxygen atoms in total. The maximum absolute atomic E-state index is 10.4. The Morgan fingerprint density at radius 2 is 2.00 bits per heavy atom. The van der Waals surface area contributed by atoms with E-state index >= 15 is 0 Å². The molecule has 4 heteroatoms. The zero-order valence-electron chi connectivity index (χ0n) is 8.79. The molecule has 0 saturated carbocycles. The zero-order chi connectivity index (χ0) is 10.6. The van der Waals surface area contributed by atoms with E-state index in [2.05, 4.69) is 26.1 Å². The van der Waals surface area contributed by atoms with Crippen molar-refractivity contribution in [1.82, 2.24) is 5.32 Å². The second-order valence-corrected chi connectivity index (χ2v) is 4.44. The van der Waals surface area contributed by atoms with Gasteiger partial charge in [0.2, 0.25) is 0 Å². The molecule has 0 saturated heterocycles. The molecule has 0 fully saturated rings. The van der Waals surface area contributed by atoms with Crippen LogP contribution in [-0.4, -0.2) is 29.7 Å². The van der Waals surface area contributed by atoms with E-state index < -0.39 is 12.0 Å². The number of nitrogens with two attached hydrogens (primary N) is 1. The highest BCUT2D eigenvalue weighted by Gasteiger charge is 2.21. The number of carboxylic acids is 1. The molecule has 0 rings (SSSR count). The second kappa shape index (κ2) is 4.58. The van der Waals surface area contributed by atoms with Gasteiger partial charge < -0.3 is 16.2 Å². The topological polar surface area (TPSA) is 75.3 Å². The van der Waals surface area contributed by atoms with E-state index in [-0.39, 0.29) is 11.5 Å². The molecule has 0 aliphatic heterocycles. The van der Waals surface area contributed by atoms with Crippen LogP contribution >= 0.6 is 0 Å². The van der Waals surface area contributed by atoms with Gasteiger partial charge in [-0.3, -0.25) is 4.79 Å². The lowest BCUT2D eigenvalue weighted by atomic mass is 9.88. The molecular formula is C9H20N2O2. The van der Waals surface area contributed by atoms with Crippen LogP contribution in [0.1, 0.15) is 27.7 Å². The minimum atomic E-state index is -0.964. The molecule has 78 valence electrons. The van der Waals surface area contributed by atoms with Crippen LogP contribution in [0.4, 0.5) is 0 Å². The van der Waals surface area contributed by atoms with E-state index in [1.54, 1.807) is 0 Å². The molecule has 0 radical (unpaired) electrons. The lowest BCUT2D eigenvalue weighted by Crippen LogP contribution is -2.46. The summed E-state index contributed by atoms with van der Waals surface area (Å²) in [6, 6.07) is -0.567. The summed E-state index contributed by atoms with van der Waals surface area (Å²) >= 11 is 0. The van der Waals surface area contributed by atoms with Crippen molar-refractivity contribution in [2.75, 3.05) is 6.54 Å². The SMILES string of the molecule is CC(NCC(N)C(=O)O)C(C)(C)C. The maximum Gasteiger partial charge on any atom is 0.321 e. The maximum atomic E-state index is 10.4. The van der Waals surface area contributed by atoms with Gasteiger partial charge in [-0.05, 0) is 12.3 Å². The van der Waals surface area contributed by atoms with Gasteiger partial charge in [-0.25, -0.2) is 0 Å². The zero-order valence-corrected chi connectivity index (χ0v) is 8.79. The Balaban J connectivity index is 3.83. The van der Waals surface area contributed by atoms with Crippen LogP contribution in [-0.2, 0) is 4.79 Å². The highest BCUT2D eigenvalue weighted by molar-refractivity contribution is 5.73. The van der Waals surface area contributed by atoms with Crippen molar-refractivity contribution in [2.45, 2.75) is 39.8 Å². The third-order valence-corrected chi connectivity index (χ3v) is 2.26. The molecule has 2 atom stereocenters. The first-order valence-corrected chi connectivity index (χ1v) is 4.47. The van der Waals surface area contributed by atoms with Crippen molar-refractivity contribution in [3.63, 3.8) is 0 Å². The third kappa shape index (κ3) is 4.85. The van der Waals surface area contributed by atoms with Gasteiger partial charge in [0, 0.05) is 12.6 Å². The highest BCUT2D eigenvalue weighted by atomic mass is 16.4. The van der Waals surface area contributed by atoms with Crippen molar-refractivity contribution < 1.29 is 9.90 Å². The summed E-state index contributed by atoms with van der Waals surface area (Å²) in [5, 5.41) is 11.6. The van der Waals surface area contributed by atoms with Crippen molar-refractivity contribution in [3.8, 4) is 0 Å². The van der Waals surface area contributed by atoms with Gasteiger partial charge in [0.15, 0.2) is 0 Å². The molecular weight excluding hydrogens is 168 g/mol. The Morgan fingerprint density at radius 1 is 1.54 bits per heavy atom. The number of hydrogen-bond donors (Lipinski definition) is 3. The largest absolute Gasteiger partial charge is 0.480 e. The van der Waals surface area contributed by atoms with Crippen LogP contribution in [0.25, 0.3) is 0 Å². The van der Waals surface area contributed by atoms with E-state index in [4.69, 9.17) is 10.8 Å². The number of carbonyl (C=O) groups is 1. The van der Waals surface area contributed by atoms with Gasteiger partial charge >= 0.3 is 5.97 Å². The Bertz CT molecular complexity index is 175. The van der Waals surface area contributed by atoms with E-state index in [9.17, 15) is 4.79 Å². The average molecular weight is 188 g/mol. The minimum absolute atomic E-state index is 0.123. The first-order valence-electron chi connectivity index (χ1n) is 4.47. The fourth-order valence-electron chi connectivity index (χ4n) is 0.697. The molecule has 0 aliphatic rings. The number of carboxylic acid groups (broad SMARTS) is 1. The van der Waals surface area contributed by atoms with Crippen molar-refractivity contribution in [1.29, 1.82) is 0 Å². The Hall–Kier alpha value is -0.610. The van der Waals surface area contributed by atoms with Crippen molar-refractivity contribution in [2.24, 2.45) is 11.1 Å². The van der Waals surface area contributed by atoms with Gasteiger partial charge in [0.1, 0.15) is 6.04 Å². The first kappa shape index (κ1) is 12.4. The molecule has 0 aliphatic carbocycles. The summed E-state index contributed by atoms with van der Waals surface area (Å²) in [6.45, 7) is 8.62. The quantitative estimate of drug-likeness (QED) is 0.598. The molecule has 0 heterocycles. The van der Waals surface area contributed by atoms with Gasteiger partial charge in [-0.15, -0.1) is 0 Å². The number of nitrogens with one attached hydrogen (secondary N) is 1. The Labute approximate surface area is 79.5 Å². The second-order valence-electron chi connectivity index (χ2n) is 4.44. The van der Waals surface area contributed by atoms with E-state index in [0.717, 1.165) is 0 Å². The normalized spacial score (nSPS) is 16.7. The van der Waals surface area contributed by atoms with Crippen LogP contribution < -0.4 is 11.1 Å². The summed E-state index contributed by atoms with van der Waals surface area (Å²) in [6.07, 6.45) is 0. The summed E-state index contributed by atoms with van der Waals surface area (Å²) in [4.78, 5) is 10.4. The minimum Gasteiger partial charge on any atom is -0.480 e. The fourth-order valence-corrected chi connectivity index (χ4v) is 0.697. The van der Waals surface area contributed by atoms with Crippen LogP contribution in [0, 0.1) is 5.41 Å². The van der Waals surface area contributed by atoms with Gasteiger partial charge in [-0.1, -0.05) is 20.8 Å². The van der Waals surface area contributed by atoms with E-state index in [1.165, 1.54) is 0 Å². The molecule has 2 unspecified atom stereocenters. The fraction of sp³-hybridized carbons (Fsp3) is 0.889. The summed E-state index contributed by atoms with van der Waals surface area (Å²) in [5.41, 5.74) is 5.47. The first-order chi connectivity index (χ1) is 5.75. The molecule has 0 aromatic heterocycles. The molecule has 13 heavy (non-hydrogen) atoms. The van der Waals surface area contributed by atoms with Crippen LogP contribution in [0.2, 0.25) is 0 Å². The van der Waals surface area contributed by atoms with E-state index in [0.29, 0.717) is 6.54 Å². The molecule has 4 N–H and O–H groups in total. The molecule has 0 aromatic rings. The van der Waals surface area contributed by atoms with Crippen LogP contribution in [0.15, 0.2) is 0 Å². The molecule has 0 bridgehead atoms. The third-order valence-electron chi connectivity index (χ3n) is 2.26. The summed E-state index contributed by atoms with van der Waals surface area (Å²) in [5.74, 6) is -0.964. The summed E-state index contributed by atoms with van der Waals surface area (Å²) < 4.78 is 0. The van der Waals surface area contributed by atoms with Crippen LogP contribution in [0.5, 0.6) is 0 Å². The van der Waals surface area contributed by atoms with Gasteiger partial charge in [-0.2, -0.15) is 0 Å². The van der Waals surface area contributed by atoms with E-state index in [1.807, 2.05) is 6.92 Å². The standard InChI is InChI=1S/C9H20N2O2/c1-6(9(2,3)4)11-5-7(10)8(12)13/h6-7,11H,5,10H2,1-4H3,(H,12,13). The predicted octanol–water partition coefficient (Wildman–Crippen LogP) is 0.423. The number of aliphatic carboxylic acids is 1. The predicted molar refractivity (Wildman–Crippen MR) is 52.5 cm³/mol. The summed E-state index contributed by atoms with van der Waals surface area (Å²) in [7, 11) is 0. The number of rotatable bonds is 4. The van der Waals surface area contributed by atoms with Gasteiger partial charge in [0.25, 0.3) is 0 Å².